The maximum Gasteiger partial charge on any atom is 0.286 e. The lowest BCUT2D eigenvalue weighted by Crippen LogP contribution is -2.41. The lowest BCUT2D eigenvalue weighted by molar-refractivity contribution is 0.0808. The molecule has 180 valence electrons. The van der Waals surface area contributed by atoms with E-state index in [0.717, 1.165) is 46.9 Å². The molecule has 1 saturated heterocycles. The number of hydrogen-bond donors (Lipinski definition) is 1. The average Bonchev–Trinajstić information content (AvgIpc) is 3.55. The second-order valence-electron chi connectivity index (χ2n) is 9.57. The Morgan fingerprint density at radius 2 is 1.77 bits per heavy atom. The van der Waals surface area contributed by atoms with E-state index < -0.39 is 0 Å². The molecule has 0 radical (unpaired) electrons. The van der Waals surface area contributed by atoms with Crippen molar-refractivity contribution in [1.29, 1.82) is 0 Å². The summed E-state index contributed by atoms with van der Waals surface area (Å²) in [5.41, 5.74) is 8.28. The van der Waals surface area contributed by atoms with Gasteiger partial charge in [-0.1, -0.05) is 30.2 Å². The first-order valence-electron chi connectivity index (χ1n) is 12.0. The number of benzene rings is 2. The predicted octanol–water partition coefficient (Wildman–Crippen LogP) is 5.83. The van der Waals surface area contributed by atoms with Crippen molar-refractivity contribution < 1.29 is 9.18 Å². The molecule has 2 unspecified atom stereocenters. The number of nitrogens with one attached hydrogen (secondary N) is 1. The summed E-state index contributed by atoms with van der Waals surface area (Å²) >= 11 is 7.89. The molecule has 35 heavy (non-hydrogen) atoms. The molecular weight excluding hydrogens is 483 g/mol. The van der Waals surface area contributed by atoms with Gasteiger partial charge >= 0.3 is 0 Å². The predicted molar refractivity (Wildman–Crippen MR) is 139 cm³/mol. The lowest BCUT2D eigenvalue weighted by Gasteiger charge is -2.19. The molecular formula is C27H26ClFN4OS. The van der Waals surface area contributed by atoms with Gasteiger partial charge in [-0.05, 0) is 78.3 Å². The fourth-order valence-electron chi connectivity index (χ4n) is 5.59. The van der Waals surface area contributed by atoms with Crippen LogP contribution in [0.25, 0.3) is 17.3 Å². The number of hydrogen-bond acceptors (Lipinski definition) is 4. The molecule has 2 fully saturated rings. The molecule has 1 aromatic heterocycles. The number of halogens is 2. The minimum absolute atomic E-state index is 0.155. The Hall–Kier alpha value is -2.61. The standard InChI is InChI=1S/C27H26ClFN4OS/c28-21-6-10-23(11-7-21)33-26-20(12-17-4-8-22(29)9-5-17)15-35-16-24(26)25(30-33)27(34)31-32-13-18-2-1-3-19(18)14-32/h4-12,18-19H,1-3,13-16H2,(H,31,34)/b20-12+. The van der Waals surface area contributed by atoms with Crippen molar-refractivity contribution in [2.24, 2.45) is 11.8 Å². The summed E-state index contributed by atoms with van der Waals surface area (Å²) in [5.74, 6) is 2.45. The zero-order valence-electron chi connectivity index (χ0n) is 19.2. The van der Waals surface area contributed by atoms with E-state index in [1.165, 1.54) is 31.4 Å². The van der Waals surface area contributed by atoms with Gasteiger partial charge in [-0.25, -0.2) is 14.1 Å². The molecule has 3 aliphatic rings. The molecule has 2 aromatic carbocycles. The fourth-order valence-corrected chi connectivity index (χ4v) is 6.74. The topological polar surface area (TPSA) is 50.2 Å². The second-order valence-corrected chi connectivity index (χ2v) is 11.0. The Balaban J connectivity index is 1.38. The molecule has 1 N–H and O–H groups in total. The monoisotopic (exact) mass is 508 g/mol. The first kappa shape index (κ1) is 22.8. The van der Waals surface area contributed by atoms with Crippen molar-refractivity contribution in [2.45, 2.75) is 25.0 Å². The number of amides is 1. The van der Waals surface area contributed by atoms with E-state index in [-0.39, 0.29) is 11.7 Å². The summed E-state index contributed by atoms with van der Waals surface area (Å²) in [6.07, 6.45) is 5.87. The van der Waals surface area contributed by atoms with Crippen LogP contribution in [0.2, 0.25) is 5.02 Å². The molecule has 1 saturated carbocycles. The van der Waals surface area contributed by atoms with E-state index >= 15 is 0 Å². The molecule has 3 aromatic rings. The third-order valence-corrected chi connectivity index (χ3v) is 8.53. The summed E-state index contributed by atoms with van der Waals surface area (Å²) in [4.78, 5) is 13.5. The zero-order chi connectivity index (χ0) is 23.9. The van der Waals surface area contributed by atoms with E-state index in [4.69, 9.17) is 16.7 Å². The van der Waals surface area contributed by atoms with E-state index in [0.29, 0.717) is 28.3 Å². The van der Waals surface area contributed by atoms with Crippen LogP contribution in [-0.4, -0.2) is 39.5 Å². The van der Waals surface area contributed by atoms with Gasteiger partial charge in [0.15, 0.2) is 5.69 Å². The minimum atomic E-state index is -0.262. The van der Waals surface area contributed by atoms with Crippen molar-refractivity contribution in [3.63, 3.8) is 0 Å². The normalized spacial score (nSPS) is 22.9. The van der Waals surface area contributed by atoms with E-state index in [9.17, 15) is 9.18 Å². The van der Waals surface area contributed by atoms with Gasteiger partial charge in [0.25, 0.3) is 5.91 Å². The number of thioether (sulfide) groups is 1. The van der Waals surface area contributed by atoms with Gasteiger partial charge in [-0.2, -0.15) is 16.9 Å². The van der Waals surface area contributed by atoms with Crippen molar-refractivity contribution in [1.82, 2.24) is 20.2 Å². The fraction of sp³-hybridized carbons (Fsp3) is 0.333. The Kier molecular flexibility index (Phi) is 6.16. The Labute approximate surface area is 213 Å². The SMILES string of the molecule is O=C(NN1CC2CCCC2C1)c1nn(-c2ccc(Cl)cc2)c2c1CSC/C2=C\c1ccc(F)cc1. The van der Waals surface area contributed by atoms with Crippen LogP contribution in [0.15, 0.2) is 48.5 Å². The minimum Gasteiger partial charge on any atom is -0.283 e. The highest BCUT2D eigenvalue weighted by Gasteiger charge is 2.37. The number of rotatable bonds is 4. The highest BCUT2D eigenvalue weighted by atomic mass is 35.5. The van der Waals surface area contributed by atoms with Gasteiger partial charge in [-0.3, -0.25) is 10.2 Å². The third kappa shape index (κ3) is 4.53. The number of aromatic nitrogens is 2. The molecule has 1 aliphatic carbocycles. The highest BCUT2D eigenvalue weighted by molar-refractivity contribution is 7.99. The maximum absolute atomic E-state index is 13.5. The van der Waals surface area contributed by atoms with Gasteiger partial charge in [0, 0.05) is 35.2 Å². The average molecular weight is 509 g/mol. The summed E-state index contributed by atoms with van der Waals surface area (Å²) in [6, 6.07) is 13.9. The Morgan fingerprint density at radius 1 is 1.06 bits per heavy atom. The highest BCUT2D eigenvalue weighted by Crippen LogP contribution is 2.39. The van der Waals surface area contributed by atoms with Crippen LogP contribution in [0, 0.1) is 17.7 Å². The number of fused-ring (bicyclic) bond motifs is 2. The summed E-state index contributed by atoms with van der Waals surface area (Å²) in [6.45, 7) is 1.84. The van der Waals surface area contributed by atoms with Gasteiger partial charge in [0.1, 0.15) is 5.82 Å². The first-order chi connectivity index (χ1) is 17.0. The van der Waals surface area contributed by atoms with Crippen molar-refractivity contribution >= 4 is 40.9 Å². The van der Waals surface area contributed by atoms with Crippen molar-refractivity contribution in [3.05, 3.63) is 81.9 Å². The van der Waals surface area contributed by atoms with Gasteiger partial charge < -0.3 is 0 Å². The smallest absolute Gasteiger partial charge is 0.283 e. The first-order valence-corrected chi connectivity index (χ1v) is 13.6. The quantitative estimate of drug-likeness (QED) is 0.482. The number of carbonyl (C=O) groups is 1. The largest absolute Gasteiger partial charge is 0.286 e. The van der Waals surface area contributed by atoms with Crippen molar-refractivity contribution in [2.75, 3.05) is 18.8 Å². The summed E-state index contributed by atoms with van der Waals surface area (Å²) in [5, 5.41) is 7.56. The van der Waals surface area contributed by atoms with Crippen LogP contribution in [0.5, 0.6) is 0 Å². The van der Waals surface area contributed by atoms with Crippen molar-refractivity contribution in [3.8, 4) is 5.69 Å². The zero-order valence-corrected chi connectivity index (χ0v) is 20.8. The second kappa shape index (κ2) is 9.45. The summed E-state index contributed by atoms with van der Waals surface area (Å²) < 4.78 is 15.3. The summed E-state index contributed by atoms with van der Waals surface area (Å²) in [7, 11) is 0. The van der Waals surface area contributed by atoms with Gasteiger partial charge in [0.05, 0.1) is 11.4 Å². The molecule has 8 heteroatoms. The van der Waals surface area contributed by atoms with Crippen LogP contribution < -0.4 is 5.43 Å². The van der Waals surface area contributed by atoms with E-state index in [1.807, 2.05) is 28.9 Å². The maximum atomic E-state index is 13.5. The molecule has 2 atom stereocenters. The van der Waals surface area contributed by atoms with E-state index in [2.05, 4.69) is 16.5 Å². The number of hydrazine groups is 1. The number of nitrogens with zero attached hydrogens (tertiary/aromatic N) is 3. The number of carbonyl (C=O) groups excluding carboxylic acids is 1. The molecule has 3 heterocycles. The van der Waals surface area contributed by atoms with Crippen LogP contribution in [0.4, 0.5) is 4.39 Å². The molecule has 0 bridgehead atoms. The lowest BCUT2D eigenvalue weighted by atomic mass is 10.0. The van der Waals surface area contributed by atoms with Gasteiger partial charge in [0.2, 0.25) is 0 Å². The van der Waals surface area contributed by atoms with Crippen LogP contribution >= 0.6 is 23.4 Å². The van der Waals surface area contributed by atoms with Crippen LogP contribution in [-0.2, 0) is 5.75 Å². The molecule has 1 amide bonds. The molecule has 5 nitrogen and oxygen atoms in total. The molecule has 2 aliphatic heterocycles. The van der Waals surface area contributed by atoms with Gasteiger partial charge in [-0.15, -0.1) is 0 Å². The molecule has 6 rings (SSSR count). The molecule has 0 spiro atoms. The Bertz CT molecular complexity index is 1280. The third-order valence-electron chi connectivity index (χ3n) is 7.27. The van der Waals surface area contributed by atoms with Crippen LogP contribution in [0.3, 0.4) is 0 Å². The van der Waals surface area contributed by atoms with Crippen LogP contribution in [0.1, 0.15) is 46.6 Å². The van der Waals surface area contributed by atoms with E-state index in [1.54, 1.807) is 23.9 Å². The Morgan fingerprint density at radius 3 is 2.49 bits per heavy atom.